The molecule has 0 bridgehead atoms. The molecule has 0 aliphatic carbocycles. The third kappa shape index (κ3) is 6.77. The van der Waals surface area contributed by atoms with Crippen molar-refractivity contribution in [1.29, 1.82) is 0 Å². The van der Waals surface area contributed by atoms with E-state index in [0.29, 0.717) is 0 Å². The first-order valence-electron chi connectivity index (χ1n) is 9.75. The van der Waals surface area contributed by atoms with Crippen LogP contribution in [0.25, 0.3) is 0 Å². The molecule has 2 N–H and O–H groups in total. The lowest BCUT2D eigenvalue weighted by molar-refractivity contribution is -0.125. The van der Waals surface area contributed by atoms with Crippen molar-refractivity contribution in [1.82, 2.24) is 10.6 Å². The number of carbonyl (C=O) groups is 2. The summed E-state index contributed by atoms with van der Waals surface area (Å²) in [6.07, 6.45) is 1.39. The van der Waals surface area contributed by atoms with Crippen molar-refractivity contribution in [2.75, 3.05) is 18.0 Å². The molecule has 6 nitrogen and oxygen atoms in total. The predicted molar refractivity (Wildman–Crippen MR) is 108 cm³/mol. The van der Waals surface area contributed by atoms with E-state index in [1.807, 2.05) is 32.0 Å². The summed E-state index contributed by atoms with van der Waals surface area (Å²) in [5.41, 5.74) is 0.575. The fraction of sp³-hybridized carbons (Fsp3) is 0.619. The summed E-state index contributed by atoms with van der Waals surface area (Å²) in [5.74, 6) is -0.192. The van der Waals surface area contributed by atoms with E-state index in [9.17, 15) is 9.59 Å². The fourth-order valence-electron chi connectivity index (χ4n) is 3.23. The molecule has 1 saturated heterocycles. The van der Waals surface area contributed by atoms with Crippen LogP contribution in [0.2, 0.25) is 0 Å². The van der Waals surface area contributed by atoms with Gasteiger partial charge in [-0.2, -0.15) is 0 Å². The zero-order chi connectivity index (χ0) is 20.0. The summed E-state index contributed by atoms with van der Waals surface area (Å²) in [4.78, 5) is 27.2. The van der Waals surface area contributed by atoms with Crippen molar-refractivity contribution in [3.05, 3.63) is 30.3 Å². The second kappa shape index (κ2) is 9.11. The number of benzene rings is 1. The van der Waals surface area contributed by atoms with Crippen LogP contribution in [-0.4, -0.2) is 42.8 Å². The first kappa shape index (κ1) is 21.1. The molecule has 150 valence electrons. The van der Waals surface area contributed by atoms with Crippen LogP contribution < -0.4 is 15.5 Å². The molecule has 0 radical (unpaired) electrons. The number of alkyl carbamates (subject to hydrolysis) is 1. The number of carbonyl (C=O) groups excluding carboxylic acids is 2. The van der Waals surface area contributed by atoms with E-state index in [4.69, 9.17) is 4.74 Å². The van der Waals surface area contributed by atoms with E-state index in [1.165, 1.54) is 5.69 Å². The number of rotatable bonds is 5. The van der Waals surface area contributed by atoms with Crippen LogP contribution in [0.5, 0.6) is 0 Å². The van der Waals surface area contributed by atoms with E-state index in [1.54, 1.807) is 20.8 Å². The highest BCUT2D eigenvalue weighted by molar-refractivity contribution is 5.86. The highest BCUT2D eigenvalue weighted by atomic mass is 16.6. The van der Waals surface area contributed by atoms with Crippen LogP contribution in [0.1, 0.15) is 47.5 Å². The van der Waals surface area contributed by atoms with Crippen LogP contribution in [0.15, 0.2) is 30.3 Å². The second-order valence-electron chi connectivity index (χ2n) is 8.50. The predicted octanol–water partition coefficient (Wildman–Crippen LogP) is 3.32. The van der Waals surface area contributed by atoms with Gasteiger partial charge in [-0.05, 0) is 51.7 Å². The van der Waals surface area contributed by atoms with Crippen LogP contribution in [0.3, 0.4) is 0 Å². The number of para-hydroxylation sites is 1. The molecule has 0 spiro atoms. The molecular formula is C21H33N3O3. The van der Waals surface area contributed by atoms with Gasteiger partial charge in [0.15, 0.2) is 0 Å². The lowest BCUT2D eigenvalue weighted by Crippen LogP contribution is -2.56. The highest BCUT2D eigenvalue weighted by Crippen LogP contribution is 2.19. The zero-order valence-corrected chi connectivity index (χ0v) is 17.1. The molecule has 0 saturated carbocycles. The van der Waals surface area contributed by atoms with Crippen LogP contribution in [-0.2, 0) is 9.53 Å². The first-order chi connectivity index (χ1) is 12.7. The van der Waals surface area contributed by atoms with Crippen molar-refractivity contribution in [2.45, 2.75) is 65.1 Å². The SMILES string of the molecule is CC(C)C(NC(=O)OC(C)(C)C)C(=O)NC1CCCN(c2ccccc2)C1. The molecule has 1 fully saturated rings. The smallest absolute Gasteiger partial charge is 0.408 e. The maximum atomic E-state index is 12.8. The zero-order valence-electron chi connectivity index (χ0n) is 17.1. The molecule has 1 aliphatic heterocycles. The van der Waals surface area contributed by atoms with Crippen LogP contribution in [0.4, 0.5) is 10.5 Å². The number of nitrogens with one attached hydrogen (secondary N) is 2. The lowest BCUT2D eigenvalue weighted by atomic mass is 10.0. The molecule has 1 aliphatic rings. The third-order valence-corrected chi connectivity index (χ3v) is 4.51. The quantitative estimate of drug-likeness (QED) is 0.828. The number of nitrogens with zero attached hydrogens (tertiary/aromatic N) is 1. The average molecular weight is 376 g/mol. The van der Waals surface area contributed by atoms with E-state index in [2.05, 4.69) is 27.7 Å². The largest absolute Gasteiger partial charge is 0.444 e. The van der Waals surface area contributed by atoms with Crippen molar-refractivity contribution in [3.8, 4) is 0 Å². The molecule has 0 aromatic heterocycles. The molecule has 1 aromatic rings. The summed E-state index contributed by atoms with van der Waals surface area (Å²) in [6, 6.07) is 9.67. The van der Waals surface area contributed by atoms with Crippen LogP contribution in [0, 0.1) is 5.92 Å². The molecule has 2 unspecified atom stereocenters. The maximum Gasteiger partial charge on any atom is 0.408 e. The van der Waals surface area contributed by atoms with Gasteiger partial charge < -0.3 is 20.3 Å². The molecule has 27 heavy (non-hydrogen) atoms. The Morgan fingerprint density at radius 3 is 2.44 bits per heavy atom. The summed E-state index contributed by atoms with van der Waals surface area (Å²) in [5, 5.41) is 5.84. The Morgan fingerprint density at radius 2 is 1.85 bits per heavy atom. The summed E-state index contributed by atoms with van der Waals surface area (Å²) in [6.45, 7) is 11.0. The second-order valence-corrected chi connectivity index (χ2v) is 8.50. The Kier molecular flexibility index (Phi) is 7.11. The van der Waals surface area contributed by atoms with Gasteiger partial charge in [-0.1, -0.05) is 32.0 Å². The molecule has 2 amide bonds. The number of piperidine rings is 1. The minimum Gasteiger partial charge on any atom is -0.444 e. The minimum atomic E-state index is -0.619. The number of amides is 2. The van der Waals surface area contributed by atoms with Gasteiger partial charge in [0.2, 0.25) is 5.91 Å². The minimum absolute atomic E-state index is 0.0358. The summed E-state index contributed by atoms with van der Waals surface area (Å²) < 4.78 is 5.30. The van der Waals surface area contributed by atoms with Gasteiger partial charge in [-0.25, -0.2) is 4.79 Å². The van der Waals surface area contributed by atoms with E-state index in [-0.39, 0.29) is 17.9 Å². The summed E-state index contributed by atoms with van der Waals surface area (Å²) in [7, 11) is 0. The molecule has 2 rings (SSSR count). The first-order valence-corrected chi connectivity index (χ1v) is 9.75. The van der Waals surface area contributed by atoms with Crippen LogP contribution >= 0.6 is 0 Å². The van der Waals surface area contributed by atoms with Gasteiger partial charge >= 0.3 is 6.09 Å². The average Bonchev–Trinajstić information content (AvgIpc) is 2.59. The molecule has 6 heteroatoms. The Balaban J connectivity index is 1.95. The number of hydrogen-bond acceptors (Lipinski definition) is 4. The fourth-order valence-corrected chi connectivity index (χ4v) is 3.23. The molecule has 1 aromatic carbocycles. The van der Waals surface area contributed by atoms with Crippen molar-refractivity contribution < 1.29 is 14.3 Å². The van der Waals surface area contributed by atoms with E-state index >= 15 is 0 Å². The maximum absolute atomic E-state index is 12.8. The van der Waals surface area contributed by atoms with Gasteiger partial charge in [0.1, 0.15) is 11.6 Å². The normalized spacial score (nSPS) is 18.7. The van der Waals surface area contributed by atoms with Gasteiger partial charge in [-0.15, -0.1) is 0 Å². The van der Waals surface area contributed by atoms with Gasteiger partial charge in [0, 0.05) is 24.8 Å². The molecular weight excluding hydrogens is 342 g/mol. The topological polar surface area (TPSA) is 70.7 Å². The van der Waals surface area contributed by atoms with Crippen molar-refractivity contribution >= 4 is 17.7 Å². The summed E-state index contributed by atoms with van der Waals surface area (Å²) >= 11 is 0. The number of ether oxygens (including phenoxy) is 1. The van der Waals surface area contributed by atoms with Gasteiger partial charge in [-0.3, -0.25) is 4.79 Å². The standard InChI is InChI=1S/C21H33N3O3/c1-15(2)18(23-20(26)27-21(3,4)5)19(25)22-16-10-9-13-24(14-16)17-11-7-6-8-12-17/h6-8,11-12,15-16,18H,9-10,13-14H2,1-5H3,(H,22,25)(H,23,26). The van der Waals surface area contributed by atoms with Gasteiger partial charge in [0.25, 0.3) is 0 Å². The Morgan fingerprint density at radius 1 is 1.19 bits per heavy atom. The number of anilines is 1. The Hall–Kier alpha value is -2.24. The van der Waals surface area contributed by atoms with E-state index < -0.39 is 17.7 Å². The van der Waals surface area contributed by atoms with E-state index in [0.717, 1.165) is 25.9 Å². The molecule has 2 atom stereocenters. The van der Waals surface area contributed by atoms with Crippen molar-refractivity contribution in [2.24, 2.45) is 5.92 Å². The molecule has 1 heterocycles. The monoisotopic (exact) mass is 375 g/mol. The van der Waals surface area contributed by atoms with Gasteiger partial charge in [0.05, 0.1) is 0 Å². The Labute approximate surface area is 162 Å². The number of hydrogen-bond donors (Lipinski definition) is 2. The Bertz CT molecular complexity index is 625. The van der Waals surface area contributed by atoms with Crippen molar-refractivity contribution in [3.63, 3.8) is 0 Å². The third-order valence-electron chi connectivity index (χ3n) is 4.51. The highest BCUT2D eigenvalue weighted by Gasteiger charge is 2.29. The lowest BCUT2D eigenvalue weighted by Gasteiger charge is -2.35.